The van der Waals surface area contributed by atoms with E-state index in [0.29, 0.717) is 0 Å². The number of hydrogen-bond acceptors (Lipinski definition) is 2. The molecule has 0 fully saturated rings. The lowest BCUT2D eigenvalue weighted by molar-refractivity contribution is 0.183. The fraction of sp³-hybridized carbons (Fsp3) is 0.714. The van der Waals surface area contributed by atoms with Gasteiger partial charge >= 0.3 is 0 Å². The third-order valence-electron chi connectivity index (χ3n) is 2.92. The van der Waals surface area contributed by atoms with Crippen molar-refractivity contribution in [1.82, 2.24) is 9.88 Å². The highest BCUT2D eigenvalue weighted by molar-refractivity contribution is 5.06. The van der Waals surface area contributed by atoms with Crippen LogP contribution in [-0.2, 0) is 13.1 Å². The van der Waals surface area contributed by atoms with Gasteiger partial charge in [-0.25, -0.2) is 0 Å². The number of nitrogens with one attached hydrogen (secondary N) is 1. The van der Waals surface area contributed by atoms with Crippen molar-refractivity contribution in [3.63, 3.8) is 0 Å². The maximum atomic E-state index is 9.16. The molecule has 1 aromatic rings. The van der Waals surface area contributed by atoms with Gasteiger partial charge in [-0.1, -0.05) is 13.8 Å². The van der Waals surface area contributed by atoms with E-state index in [2.05, 4.69) is 42.1 Å². The van der Waals surface area contributed by atoms with Gasteiger partial charge in [-0.15, -0.1) is 0 Å². The van der Waals surface area contributed by atoms with Gasteiger partial charge in [0.2, 0.25) is 0 Å². The molecule has 0 bridgehead atoms. The highest BCUT2D eigenvalue weighted by Gasteiger charge is 2.02. The second-order valence-corrected chi connectivity index (χ2v) is 5.19. The largest absolute Gasteiger partial charge is 0.393 e. The van der Waals surface area contributed by atoms with Crippen LogP contribution < -0.4 is 5.32 Å². The summed E-state index contributed by atoms with van der Waals surface area (Å²) in [6, 6.07) is 4.27. The van der Waals surface area contributed by atoms with Crippen molar-refractivity contribution in [2.45, 2.75) is 52.8 Å². The average molecular weight is 238 g/mol. The zero-order valence-electron chi connectivity index (χ0n) is 11.3. The average Bonchev–Trinajstić information content (AvgIpc) is 2.68. The number of rotatable bonds is 8. The lowest BCUT2D eigenvalue weighted by Crippen LogP contribution is -2.20. The monoisotopic (exact) mass is 238 g/mol. The lowest BCUT2D eigenvalue weighted by Gasteiger charge is -2.12. The first-order valence-electron chi connectivity index (χ1n) is 6.62. The summed E-state index contributed by atoms with van der Waals surface area (Å²) in [6.45, 7) is 9.18. The summed E-state index contributed by atoms with van der Waals surface area (Å²) in [5.74, 6) is 0.744. The fourth-order valence-corrected chi connectivity index (χ4v) is 1.75. The first-order chi connectivity index (χ1) is 8.09. The minimum absolute atomic E-state index is 0.213. The molecule has 1 heterocycles. The van der Waals surface area contributed by atoms with Gasteiger partial charge in [0.15, 0.2) is 0 Å². The number of nitrogens with zero attached hydrogens (tertiary/aromatic N) is 1. The first-order valence-corrected chi connectivity index (χ1v) is 6.62. The second-order valence-electron chi connectivity index (χ2n) is 5.19. The number of aliphatic hydroxyl groups is 1. The molecule has 1 unspecified atom stereocenters. The van der Waals surface area contributed by atoms with Crippen molar-refractivity contribution < 1.29 is 5.11 Å². The molecule has 0 spiro atoms. The third kappa shape index (κ3) is 5.89. The van der Waals surface area contributed by atoms with E-state index in [4.69, 9.17) is 5.11 Å². The summed E-state index contributed by atoms with van der Waals surface area (Å²) in [4.78, 5) is 0. The van der Waals surface area contributed by atoms with Crippen LogP contribution in [0.1, 0.15) is 39.3 Å². The maximum absolute atomic E-state index is 9.16. The highest BCUT2D eigenvalue weighted by Crippen LogP contribution is 2.07. The van der Waals surface area contributed by atoms with Crippen molar-refractivity contribution in [2.24, 2.45) is 5.92 Å². The Kier molecular flexibility index (Phi) is 6.30. The van der Waals surface area contributed by atoms with Gasteiger partial charge in [0.05, 0.1) is 6.10 Å². The van der Waals surface area contributed by atoms with E-state index >= 15 is 0 Å². The van der Waals surface area contributed by atoms with E-state index in [9.17, 15) is 0 Å². The topological polar surface area (TPSA) is 37.2 Å². The fourth-order valence-electron chi connectivity index (χ4n) is 1.75. The van der Waals surface area contributed by atoms with Gasteiger partial charge < -0.3 is 15.0 Å². The highest BCUT2D eigenvalue weighted by atomic mass is 16.3. The predicted octanol–water partition coefficient (Wildman–Crippen LogP) is 2.39. The molecule has 17 heavy (non-hydrogen) atoms. The van der Waals surface area contributed by atoms with Crippen LogP contribution in [0.4, 0.5) is 0 Å². The number of aryl methyl sites for hydroxylation is 1. The molecule has 0 radical (unpaired) electrons. The quantitative estimate of drug-likeness (QED) is 0.682. The SMILES string of the molecule is CC(C)CCn1cccc1CNCCC(C)O. The molecule has 0 aliphatic rings. The van der Waals surface area contributed by atoms with E-state index in [-0.39, 0.29) is 6.10 Å². The molecular formula is C14H26N2O. The standard InChI is InChI=1S/C14H26N2O/c1-12(2)7-10-16-9-4-5-14(16)11-15-8-6-13(3)17/h4-5,9,12-13,15,17H,6-8,10-11H2,1-3H3. The number of aliphatic hydroxyl groups excluding tert-OH is 1. The van der Waals surface area contributed by atoms with Crippen molar-refractivity contribution in [3.05, 3.63) is 24.0 Å². The molecule has 1 atom stereocenters. The predicted molar refractivity (Wildman–Crippen MR) is 71.9 cm³/mol. The molecule has 0 aliphatic carbocycles. The smallest absolute Gasteiger partial charge is 0.0524 e. The van der Waals surface area contributed by atoms with Gasteiger partial charge in [-0.2, -0.15) is 0 Å². The molecular weight excluding hydrogens is 212 g/mol. The Balaban J connectivity index is 2.30. The lowest BCUT2D eigenvalue weighted by atomic mass is 10.1. The van der Waals surface area contributed by atoms with Crippen LogP contribution >= 0.6 is 0 Å². The molecule has 0 amide bonds. The molecule has 3 nitrogen and oxygen atoms in total. The molecule has 0 aromatic carbocycles. The number of aromatic nitrogens is 1. The van der Waals surface area contributed by atoms with E-state index in [1.165, 1.54) is 12.1 Å². The Morgan fingerprint density at radius 1 is 1.29 bits per heavy atom. The Labute approximate surface area is 105 Å². The van der Waals surface area contributed by atoms with Crippen LogP contribution in [0, 0.1) is 5.92 Å². The molecule has 98 valence electrons. The van der Waals surface area contributed by atoms with Crippen molar-refractivity contribution >= 4 is 0 Å². The molecule has 1 rings (SSSR count). The van der Waals surface area contributed by atoms with E-state index in [1.54, 1.807) is 0 Å². The minimum atomic E-state index is -0.213. The Morgan fingerprint density at radius 2 is 2.06 bits per heavy atom. The van der Waals surface area contributed by atoms with Crippen LogP contribution in [0.5, 0.6) is 0 Å². The van der Waals surface area contributed by atoms with E-state index in [1.807, 2.05) is 6.92 Å². The van der Waals surface area contributed by atoms with Crippen LogP contribution in [0.15, 0.2) is 18.3 Å². The first kappa shape index (κ1) is 14.3. The maximum Gasteiger partial charge on any atom is 0.0524 e. The third-order valence-corrected chi connectivity index (χ3v) is 2.92. The zero-order valence-corrected chi connectivity index (χ0v) is 11.3. The summed E-state index contributed by atoms with van der Waals surface area (Å²) in [5, 5.41) is 12.5. The zero-order chi connectivity index (χ0) is 12.7. The normalized spacial score (nSPS) is 13.2. The molecule has 0 saturated heterocycles. The molecule has 1 aromatic heterocycles. The molecule has 0 aliphatic heterocycles. The van der Waals surface area contributed by atoms with Crippen LogP contribution in [0.2, 0.25) is 0 Å². The minimum Gasteiger partial charge on any atom is -0.393 e. The number of hydrogen-bond donors (Lipinski definition) is 2. The van der Waals surface area contributed by atoms with E-state index in [0.717, 1.165) is 32.0 Å². The summed E-state index contributed by atoms with van der Waals surface area (Å²) >= 11 is 0. The van der Waals surface area contributed by atoms with Gasteiger partial charge in [-0.05, 0) is 44.4 Å². The summed E-state index contributed by atoms with van der Waals surface area (Å²) in [5.41, 5.74) is 1.33. The van der Waals surface area contributed by atoms with Crippen LogP contribution in [0.25, 0.3) is 0 Å². The van der Waals surface area contributed by atoms with Crippen molar-refractivity contribution in [3.8, 4) is 0 Å². The Bertz CT molecular complexity index is 305. The van der Waals surface area contributed by atoms with E-state index < -0.39 is 0 Å². The van der Waals surface area contributed by atoms with Gasteiger partial charge in [0.1, 0.15) is 0 Å². The molecule has 2 N–H and O–H groups in total. The van der Waals surface area contributed by atoms with Crippen molar-refractivity contribution in [2.75, 3.05) is 6.54 Å². The summed E-state index contributed by atoms with van der Waals surface area (Å²) in [7, 11) is 0. The Hall–Kier alpha value is -0.800. The van der Waals surface area contributed by atoms with Gasteiger partial charge in [0.25, 0.3) is 0 Å². The van der Waals surface area contributed by atoms with Crippen molar-refractivity contribution in [1.29, 1.82) is 0 Å². The molecule has 3 heteroatoms. The van der Waals surface area contributed by atoms with Gasteiger partial charge in [0, 0.05) is 25.0 Å². The summed E-state index contributed by atoms with van der Waals surface area (Å²) in [6.07, 6.45) is 3.96. The van der Waals surface area contributed by atoms with Crippen LogP contribution in [-0.4, -0.2) is 22.3 Å². The van der Waals surface area contributed by atoms with Gasteiger partial charge in [-0.3, -0.25) is 0 Å². The summed E-state index contributed by atoms with van der Waals surface area (Å²) < 4.78 is 2.31. The molecule has 0 saturated carbocycles. The Morgan fingerprint density at radius 3 is 2.71 bits per heavy atom. The van der Waals surface area contributed by atoms with Crippen LogP contribution in [0.3, 0.4) is 0 Å². The second kappa shape index (κ2) is 7.51.